The summed E-state index contributed by atoms with van der Waals surface area (Å²) in [6, 6.07) is -0.413. The van der Waals surface area contributed by atoms with Gasteiger partial charge in [-0.25, -0.2) is 9.97 Å². The van der Waals surface area contributed by atoms with Crippen molar-refractivity contribution >= 4 is 11.2 Å². The van der Waals surface area contributed by atoms with Crippen molar-refractivity contribution in [3.05, 3.63) is 23.0 Å². The van der Waals surface area contributed by atoms with Gasteiger partial charge in [-0.2, -0.15) is 0 Å². The first kappa shape index (κ1) is 13.2. The molecule has 9 heteroatoms. The number of hydrogen-bond donors (Lipinski definition) is 4. The van der Waals surface area contributed by atoms with Crippen molar-refractivity contribution in [2.45, 2.75) is 24.5 Å². The van der Waals surface area contributed by atoms with Crippen LogP contribution in [0, 0.1) is 0 Å². The summed E-state index contributed by atoms with van der Waals surface area (Å²) in [6.45, 7) is -0.223. The Bertz CT molecular complexity index is 668. The minimum Gasteiger partial charge on any atom is -0.394 e. The van der Waals surface area contributed by atoms with E-state index in [2.05, 4.69) is 20.3 Å². The fourth-order valence-electron chi connectivity index (χ4n) is 2.53. The summed E-state index contributed by atoms with van der Waals surface area (Å²) in [5.41, 5.74) is 0.146. The molecule has 4 N–H and O–H groups in total. The Morgan fingerprint density at radius 2 is 2.35 bits per heavy atom. The molecular formula is C11H15N5O4. The van der Waals surface area contributed by atoms with Gasteiger partial charge in [-0.15, -0.1) is 0 Å². The molecule has 1 aliphatic rings. The van der Waals surface area contributed by atoms with E-state index in [1.165, 1.54) is 17.2 Å². The first-order valence-corrected chi connectivity index (χ1v) is 6.19. The lowest BCUT2D eigenvalue weighted by Gasteiger charge is -2.18. The van der Waals surface area contributed by atoms with Crippen molar-refractivity contribution in [3.8, 4) is 0 Å². The lowest BCUT2D eigenvalue weighted by Crippen LogP contribution is -2.43. The largest absolute Gasteiger partial charge is 0.394 e. The molecule has 0 saturated carbocycles. The molecule has 2 aromatic rings. The molecule has 0 spiro atoms. The summed E-state index contributed by atoms with van der Waals surface area (Å²) < 4.78 is 7.12. The molecule has 1 saturated heterocycles. The van der Waals surface area contributed by atoms with E-state index < -0.39 is 24.5 Å². The van der Waals surface area contributed by atoms with Gasteiger partial charge in [-0.05, 0) is 7.05 Å². The molecule has 0 amide bonds. The summed E-state index contributed by atoms with van der Waals surface area (Å²) in [5.74, 6) is 0. The van der Waals surface area contributed by atoms with Crippen molar-refractivity contribution in [3.63, 3.8) is 0 Å². The molecular weight excluding hydrogens is 266 g/mol. The van der Waals surface area contributed by atoms with E-state index in [0.717, 1.165) is 0 Å². The van der Waals surface area contributed by atoms with Crippen LogP contribution < -0.4 is 10.9 Å². The van der Waals surface area contributed by atoms with Gasteiger partial charge in [0.1, 0.15) is 12.2 Å². The molecule has 1 fully saturated rings. The molecule has 0 radical (unpaired) electrons. The monoisotopic (exact) mass is 281 g/mol. The van der Waals surface area contributed by atoms with E-state index in [1.54, 1.807) is 7.05 Å². The zero-order valence-electron chi connectivity index (χ0n) is 10.7. The van der Waals surface area contributed by atoms with E-state index in [1.807, 2.05) is 0 Å². The van der Waals surface area contributed by atoms with Crippen LogP contribution >= 0.6 is 0 Å². The quantitative estimate of drug-likeness (QED) is 0.510. The van der Waals surface area contributed by atoms with Crippen LogP contribution in [-0.4, -0.2) is 61.6 Å². The van der Waals surface area contributed by atoms with Gasteiger partial charge < -0.3 is 25.3 Å². The van der Waals surface area contributed by atoms with Gasteiger partial charge in [0, 0.05) is 0 Å². The first-order valence-electron chi connectivity index (χ1n) is 6.19. The molecule has 2 aromatic heterocycles. The third-order valence-corrected chi connectivity index (χ3v) is 3.53. The van der Waals surface area contributed by atoms with Gasteiger partial charge in [-0.1, -0.05) is 0 Å². The predicted octanol–water partition coefficient (Wildman–Crippen LogP) is -2.04. The maximum atomic E-state index is 11.6. The van der Waals surface area contributed by atoms with Gasteiger partial charge >= 0.3 is 0 Å². The van der Waals surface area contributed by atoms with Crippen molar-refractivity contribution in [2.75, 3.05) is 13.7 Å². The lowest BCUT2D eigenvalue weighted by atomic mass is 10.1. The number of aliphatic hydroxyl groups is 2. The number of imidazole rings is 1. The fourth-order valence-corrected chi connectivity index (χ4v) is 2.53. The second-order valence-electron chi connectivity index (χ2n) is 4.61. The molecule has 0 aliphatic carbocycles. The van der Waals surface area contributed by atoms with Crippen LogP contribution in [0.2, 0.25) is 0 Å². The van der Waals surface area contributed by atoms with Gasteiger partial charge in [-0.3, -0.25) is 9.36 Å². The average molecular weight is 281 g/mol. The normalized spacial score (nSPS) is 30.1. The number of fused-ring (bicyclic) bond motifs is 1. The van der Waals surface area contributed by atoms with Crippen LogP contribution in [0.4, 0.5) is 0 Å². The fraction of sp³-hybridized carbons (Fsp3) is 0.545. The lowest BCUT2D eigenvalue weighted by molar-refractivity contribution is -0.0489. The second kappa shape index (κ2) is 4.94. The molecule has 4 atom stereocenters. The molecule has 108 valence electrons. The third kappa shape index (κ3) is 1.83. The van der Waals surface area contributed by atoms with Gasteiger partial charge in [0.2, 0.25) is 0 Å². The van der Waals surface area contributed by atoms with Gasteiger partial charge in [0.25, 0.3) is 5.56 Å². The minimum absolute atomic E-state index is 0.178. The highest BCUT2D eigenvalue weighted by atomic mass is 16.5. The van der Waals surface area contributed by atoms with Gasteiger partial charge in [0.05, 0.1) is 25.3 Å². The van der Waals surface area contributed by atoms with Crippen LogP contribution in [0.1, 0.15) is 6.23 Å². The van der Waals surface area contributed by atoms with Crippen LogP contribution in [0.15, 0.2) is 17.4 Å². The number of ether oxygens (including phenoxy) is 1. The maximum absolute atomic E-state index is 11.6. The molecule has 9 nitrogen and oxygen atoms in total. The van der Waals surface area contributed by atoms with Crippen LogP contribution in [-0.2, 0) is 4.74 Å². The topological polar surface area (TPSA) is 125 Å². The third-order valence-electron chi connectivity index (χ3n) is 3.53. The van der Waals surface area contributed by atoms with Crippen molar-refractivity contribution in [2.24, 2.45) is 0 Å². The molecule has 1 aliphatic heterocycles. The smallest absolute Gasteiger partial charge is 0.278 e. The Balaban J connectivity index is 2.04. The SMILES string of the molecule is CN[C@@H]1[C@@H](O)[C@@H](n2cnc3c(=O)[nH]cnc32)O[C@@H]1CO. The number of aromatic amines is 1. The molecule has 0 unspecified atom stereocenters. The molecule has 3 heterocycles. The number of nitrogens with zero attached hydrogens (tertiary/aromatic N) is 3. The molecule has 0 bridgehead atoms. The Kier molecular flexibility index (Phi) is 3.26. The van der Waals surface area contributed by atoms with E-state index in [9.17, 15) is 15.0 Å². The van der Waals surface area contributed by atoms with Crippen molar-refractivity contribution in [1.82, 2.24) is 24.8 Å². The van der Waals surface area contributed by atoms with Crippen LogP contribution in [0.5, 0.6) is 0 Å². The van der Waals surface area contributed by atoms with Crippen LogP contribution in [0.3, 0.4) is 0 Å². The second-order valence-corrected chi connectivity index (χ2v) is 4.61. The zero-order chi connectivity index (χ0) is 14.3. The number of aliphatic hydroxyl groups excluding tert-OH is 2. The highest BCUT2D eigenvalue weighted by Gasteiger charge is 2.44. The Labute approximate surface area is 113 Å². The molecule has 3 rings (SSSR count). The Morgan fingerprint density at radius 3 is 3.00 bits per heavy atom. The van der Waals surface area contributed by atoms with E-state index >= 15 is 0 Å². The first-order chi connectivity index (χ1) is 9.67. The Hall–Kier alpha value is -1.81. The molecule has 20 heavy (non-hydrogen) atoms. The summed E-state index contributed by atoms with van der Waals surface area (Å²) in [4.78, 5) is 22.1. The number of likely N-dealkylation sites (N-methyl/N-ethyl adjacent to an activating group) is 1. The zero-order valence-corrected chi connectivity index (χ0v) is 10.7. The summed E-state index contributed by atoms with van der Waals surface area (Å²) >= 11 is 0. The van der Waals surface area contributed by atoms with E-state index in [-0.39, 0.29) is 17.7 Å². The standard InChI is InChI=1S/C11H15N5O4/c1-12-6-5(2-17)20-11(8(6)18)16-4-15-7-9(16)13-3-14-10(7)19/h3-6,8,11-12,17-18H,2H2,1H3,(H,13,14,19)/t5-,6+,8-,11+/m1/s1. The predicted molar refractivity (Wildman–Crippen MR) is 68.0 cm³/mol. The minimum atomic E-state index is -0.893. The number of aromatic nitrogens is 4. The van der Waals surface area contributed by atoms with Crippen LogP contribution in [0.25, 0.3) is 11.2 Å². The number of H-pyrrole nitrogens is 1. The van der Waals surface area contributed by atoms with E-state index in [0.29, 0.717) is 5.65 Å². The van der Waals surface area contributed by atoms with Crippen molar-refractivity contribution < 1.29 is 14.9 Å². The highest BCUT2D eigenvalue weighted by Crippen LogP contribution is 2.30. The van der Waals surface area contributed by atoms with Gasteiger partial charge in [0.15, 0.2) is 17.4 Å². The maximum Gasteiger partial charge on any atom is 0.278 e. The van der Waals surface area contributed by atoms with E-state index in [4.69, 9.17) is 4.74 Å². The summed E-state index contributed by atoms with van der Waals surface area (Å²) in [7, 11) is 1.68. The molecule has 0 aromatic carbocycles. The summed E-state index contributed by atoms with van der Waals surface area (Å²) in [6.07, 6.45) is 0.468. The average Bonchev–Trinajstić information content (AvgIpc) is 3.00. The number of rotatable bonds is 3. The summed E-state index contributed by atoms with van der Waals surface area (Å²) in [5, 5.41) is 22.5. The highest BCUT2D eigenvalue weighted by molar-refractivity contribution is 5.68. The number of nitrogens with one attached hydrogen (secondary N) is 2. The number of hydrogen-bond acceptors (Lipinski definition) is 7. The van der Waals surface area contributed by atoms with Crippen molar-refractivity contribution in [1.29, 1.82) is 0 Å². The Morgan fingerprint density at radius 1 is 1.55 bits per heavy atom.